The molecule has 6 nitrogen and oxygen atoms in total. The first-order chi connectivity index (χ1) is 12.3. The van der Waals surface area contributed by atoms with Gasteiger partial charge in [-0.2, -0.15) is 5.26 Å². The highest BCUT2D eigenvalue weighted by atomic mass is 15.1. The van der Waals surface area contributed by atoms with Crippen LogP contribution in [0.4, 0.5) is 5.95 Å². The van der Waals surface area contributed by atoms with E-state index >= 15 is 0 Å². The summed E-state index contributed by atoms with van der Waals surface area (Å²) in [7, 11) is 0. The topological polar surface area (TPSA) is 79.4 Å². The van der Waals surface area contributed by atoms with E-state index in [-0.39, 0.29) is 0 Å². The van der Waals surface area contributed by atoms with Gasteiger partial charge in [0.15, 0.2) is 0 Å². The molecule has 2 heterocycles. The molecule has 1 fully saturated rings. The van der Waals surface area contributed by atoms with Crippen LogP contribution in [-0.4, -0.2) is 25.6 Å². The van der Waals surface area contributed by atoms with E-state index in [9.17, 15) is 5.26 Å². The van der Waals surface area contributed by atoms with Gasteiger partial charge in [0, 0.05) is 18.8 Å². The minimum Gasteiger partial charge on any atom is -0.351 e. The molecule has 4 rings (SSSR count). The summed E-state index contributed by atoms with van der Waals surface area (Å²) in [4.78, 5) is 13.6. The summed E-state index contributed by atoms with van der Waals surface area (Å²) >= 11 is 0. The summed E-state index contributed by atoms with van der Waals surface area (Å²) in [6, 6.07) is 12.6. The Labute approximate surface area is 146 Å². The lowest BCUT2D eigenvalue weighted by molar-refractivity contribution is 0.443. The fraction of sp³-hybridized carbons (Fsp3) is 0.368. The van der Waals surface area contributed by atoms with Crippen molar-refractivity contribution in [2.75, 3.05) is 5.32 Å². The molecule has 1 saturated carbocycles. The number of nitrogens with zero attached hydrogens (tertiary/aromatic N) is 5. The van der Waals surface area contributed by atoms with Crippen LogP contribution in [0.25, 0.3) is 11.0 Å². The van der Waals surface area contributed by atoms with Crippen LogP contribution in [0.5, 0.6) is 0 Å². The van der Waals surface area contributed by atoms with E-state index in [0.29, 0.717) is 17.7 Å². The Hall–Kier alpha value is -2.94. The predicted octanol–water partition coefficient (Wildman–Crippen LogP) is 3.47. The number of aryl methyl sites for hydroxylation is 1. The quantitative estimate of drug-likeness (QED) is 0.774. The SMILES string of the molecule is CCn1c(C(C#N)c2ccnc(NC3CCC3)n2)nc2ccccc21. The standard InChI is InChI=1S/C19H20N6/c1-2-25-17-9-4-3-8-16(17)23-18(25)14(12-20)15-10-11-21-19(24-15)22-13-6-5-7-13/h3-4,8-11,13-14H,2,5-7H2,1H3,(H,21,22,24). The zero-order valence-electron chi connectivity index (χ0n) is 14.2. The van der Waals surface area contributed by atoms with Crippen molar-refractivity contribution in [3.8, 4) is 6.07 Å². The number of nitrogens with one attached hydrogen (secondary N) is 1. The van der Waals surface area contributed by atoms with Crippen molar-refractivity contribution in [3.05, 3.63) is 48.0 Å². The number of nitriles is 1. The van der Waals surface area contributed by atoms with E-state index in [2.05, 4.69) is 32.8 Å². The molecule has 0 saturated heterocycles. The van der Waals surface area contributed by atoms with Crippen LogP contribution in [0.3, 0.4) is 0 Å². The number of hydrogen-bond acceptors (Lipinski definition) is 5. The van der Waals surface area contributed by atoms with E-state index in [1.807, 2.05) is 24.3 Å². The summed E-state index contributed by atoms with van der Waals surface area (Å²) in [5, 5.41) is 13.2. The number of imidazole rings is 1. The first kappa shape index (κ1) is 15.6. The minimum atomic E-state index is -0.516. The van der Waals surface area contributed by atoms with Crippen molar-refractivity contribution in [2.45, 2.75) is 44.7 Å². The molecule has 25 heavy (non-hydrogen) atoms. The van der Waals surface area contributed by atoms with Gasteiger partial charge in [-0.15, -0.1) is 0 Å². The first-order valence-electron chi connectivity index (χ1n) is 8.74. The number of benzene rings is 1. The van der Waals surface area contributed by atoms with Gasteiger partial charge in [0.25, 0.3) is 0 Å². The van der Waals surface area contributed by atoms with Gasteiger partial charge in [-0.1, -0.05) is 12.1 Å². The smallest absolute Gasteiger partial charge is 0.223 e. The fourth-order valence-electron chi connectivity index (χ4n) is 3.24. The molecule has 1 aliphatic carbocycles. The molecule has 0 aliphatic heterocycles. The van der Waals surface area contributed by atoms with Gasteiger partial charge in [-0.3, -0.25) is 0 Å². The number of fused-ring (bicyclic) bond motifs is 1. The molecule has 0 amide bonds. The molecule has 3 aromatic rings. The minimum absolute atomic E-state index is 0.455. The van der Waals surface area contributed by atoms with Crippen molar-refractivity contribution in [1.29, 1.82) is 5.26 Å². The van der Waals surface area contributed by atoms with E-state index in [4.69, 9.17) is 4.98 Å². The molecule has 1 N–H and O–H groups in total. The lowest BCUT2D eigenvalue weighted by atomic mass is 9.93. The maximum absolute atomic E-state index is 9.82. The van der Waals surface area contributed by atoms with Crippen LogP contribution < -0.4 is 5.32 Å². The van der Waals surface area contributed by atoms with Gasteiger partial charge in [-0.05, 0) is 44.4 Å². The summed E-state index contributed by atoms with van der Waals surface area (Å²) < 4.78 is 2.09. The van der Waals surface area contributed by atoms with E-state index < -0.39 is 5.92 Å². The fourth-order valence-corrected chi connectivity index (χ4v) is 3.24. The van der Waals surface area contributed by atoms with Crippen LogP contribution in [0.1, 0.15) is 43.6 Å². The molecular formula is C19H20N6. The lowest BCUT2D eigenvalue weighted by Crippen LogP contribution is -2.28. The van der Waals surface area contributed by atoms with Gasteiger partial charge < -0.3 is 9.88 Å². The van der Waals surface area contributed by atoms with Crippen LogP contribution in [0, 0.1) is 11.3 Å². The zero-order valence-corrected chi connectivity index (χ0v) is 14.2. The Kier molecular flexibility index (Phi) is 4.06. The van der Waals surface area contributed by atoms with Crippen molar-refractivity contribution >= 4 is 17.0 Å². The molecule has 1 unspecified atom stereocenters. The van der Waals surface area contributed by atoms with Gasteiger partial charge in [-0.25, -0.2) is 15.0 Å². The predicted molar refractivity (Wildman–Crippen MR) is 96.2 cm³/mol. The third-order valence-electron chi connectivity index (χ3n) is 4.80. The Morgan fingerprint density at radius 1 is 1.28 bits per heavy atom. The molecule has 1 aliphatic rings. The Morgan fingerprint density at radius 2 is 2.12 bits per heavy atom. The Bertz CT molecular complexity index is 934. The summed E-state index contributed by atoms with van der Waals surface area (Å²) in [6.07, 6.45) is 5.27. The first-order valence-corrected chi connectivity index (χ1v) is 8.74. The zero-order chi connectivity index (χ0) is 17.2. The molecule has 6 heteroatoms. The summed E-state index contributed by atoms with van der Waals surface area (Å²) in [5.74, 6) is 0.818. The van der Waals surface area contributed by atoms with Crippen LogP contribution in [0.15, 0.2) is 36.5 Å². The number of para-hydroxylation sites is 2. The maximum atomic E-state index is 9.82. The molecule has 0 spiro atoms. The summed E-state index contributed by atoms with van der Waals surface area (Å²) in [6.45, 7) is 2.82. The van der Waals surface area contributed by atoms with Crippen LogP contribution in [-0.2, 0) is 6.54 Å². The van der Waals surface area contributed by atoms with Crippen molar-refractivity contribution in [1.82, 2.24) is 19.5 Å². The van der Waals surface area contributed by atoms with Gasteiger partial charge >= 0.3 is 0 Å². The third kappa shape index (κ3) is 2.82. The number of anilines is 1. The normalized spacial score (nSPS) is 15.5. The lowest BCUT2D eigenvalue weighted by Gasteiger charge is -2.26. The number of hydrogen-bond donors (Lipinski definition) is 1. The van der Waals surface area contributed by atoms with Crippen LogP contribution in [0.2, 0.25) is 0 Å². The second kappa shape index (κ2) is 6.52. The summed E-state index contributed by atoms with van der Waals surface area (Å²) in [5.41, 5.74) is 2.63. The highest BCUT2D eigenvalue weighted by Gasteiger charge is 2.24. The average Bonchev–Trinajstić information content (AvgIpc) is 2.97. The van der Waals surface area contributed by atoms with E-state index in [0.717, 1.165) is 36.2 Å². The Balaban J connectivity index is 1.73. The van der Waals surface area contributed by atoms with Crippen molar-refractivity contribution < 1.29 is 0 Å². The molecular weight excluding hydrogens is 312 g/mol. The molecule has 1 atom stereocenters. The Morgan fingerprint density at radius 3 is 2.84 bits per heavy atom. The van der Waals surface area contributed by atoms with E-state index in [1.165, 1.54) is 6.42 Å². The van der Waals surface area contributed by atoms with Crippen molar-refractivity contribution in [2.24, 2.45) is 0 Å². The molecule has 2 aromatic heterocycles. The second-order valence-electron chi connectivity index (χ2n) is 6.34. The largest absolute Gasteiger partial charge is 0.351 e. The highest BCUT2D eigenvalue weighted by molar-refractivity contribution is 5.76. The second-order valence-corrected chi connectivity index (χ2v) is 6.34. The maximum Gasteiger partial charge on any atom is 0.223 e. The number of rotatable bonds is 5. The van der Waals surface area contributed by atoms with Gasteiger partial charge in [0.05, 0.1) is 22.8 Å². The highest BCUT2D eigenvalue weighted by Crippen LogP contribution is 2.27. The third-order valence-corrected chi connectivity index (χ3v) is 4.80. The molecule has 1 aromatic carbocycles. The van der Waals surface area contributed by atoms with Crippen LogP contribution >= 0.6 is 0 Å². The molecule has 0 radical (unpaired) electrons. The average molecular weight is 332 g/mol. The van der Waals surface area contributed by atoms with Gasteiger partial charge in [0.1, 0.15) is 11.7 Å². The monoisotopic (exact) mass is 332 g/mol. The molecule has 0 bridgehead atoms. The molecule has 126 valence electrons. The van der Waals surface area contributed by atoms with Crippen molar-refractivity contribution in [3.63, 3.8) is 0 Å². The van der Waals surface area contributed by atoms with Gasteiger partial charge in [0.2, 0.25) is 5.95 Å². The van der Waals surface area contributed by atoms with E-state index in [1.54, 1.807) is 12.3 Å². The number of aromatic nitrogens is 4.